The van der Waals surface area contributed by atoms with Gasteiger partial charge >= 0.3 is 0 Å². The van der Waals surface area contributed by atoms with Crippen LogP contribution in [0.5, 0.6) is 0 Å². The Morgan fingerprint density at radius 1 is 1.39 bits per heavy atom. The lowest BCUT2D eigenvalue weighted by Gasteiger charge is -2.12. The van der Waals surface area contributed by atoms with Crippen LogP contribution in [0.1, 0.15) is 16.3 Å². The van der Waals surface area contributed by atoms with E-state index in [4.69, 9.17) is 5.11 Å². The van der Waals surface area contributed by atoms with Gasteiger partial charge < -0.3 is 10.2 Å². The maximum absolute atomic E-state index is 12.4. The molecular formula is C12H16N2O3S. The minimum Gasteiger partial charge on any atom is -0.394 e. The maximum Gasteiger partial charge on any atom is 0.262 e. The van der Waals surface area contributed by atoms with Crippen molar-refractivity contribution in [1.29, 1.82) is 0 Å². The van der Waals surface area contributed by atoms with Gasteiger partial charge in [-0.1, -0.05) is 0 Å². The van der Waals surface area contributed by atoms with Crippen LogP contribution in [0.3, 0.4) is 0 Å². The molecule has 0 spiro atoms. The highest BCUT2D eigenvalue weighted by molar-refractivity contribution is 7.18. The van der Waals surface area contributed by atoms with Crippen LogP contribution in [0.4, 0.5) is 0 Å². The average molecular weight is 268 g/mol. The first-order valence-electron chi connectivity index (χ1n) is 5.71. The second kappa shape index (κ2) is 4.79. The lowest BCUT2D eigenvalue weighted by Crippen LogP contribution is -2.30. The molecule has 0 radical (unpaired) electrons. The summed E-state index contributed by atoms with van der Waals surface area (Å²) >= 11 is 1.50. The van der Waals surface area contributed by atoms with E-state index < -0.39 is 6.10 Å². The summed E-state index contributed by atoms with van der Waals surface area (Å²) in [6, 6.07) is 0. The molecule has 0 saturated heterocycles. The average Bonchev–Trinajstić information content (AvgIpc) is 2.60. The molecule has 98 valence electrons. The van der Waals surface area contributed by atoms with Crippen LogP contribution in [0.2, 0.25) is 0 Å². The second-order valence-corrected chi connectivity index (χ2v) is 5.58. The molecule has 1 atom stereocenters. The van der Waals surface area contributed by atoms with Gasteiger partial charge in [-0.25, -0.2) is 4.98 Å². The Kier molecular flexibility index (Phi) is 3.52. The van der Waals surface area contributed by atoms with E-state index in [-0.39, 0.29) is 18.7 Å². The normalized spacial score (nSPS) is 13.2. The molecule has 2 rings (SSSR count). The largest absolute Gasteiger partial charge is 0.394 e. The van der Waals surface area contributed by atoms with E-state index in [0.717, 1.165) is 15.3 Å². The highest BCUT2D eigenvalue weighted by atomic mass is 32.1. The summed E-state index contributed by atoms with van der Waals surface area (Å²) in [7, 11) is 0. The van der Waals surface area contributed by atoms with Crippen molar-refractivity contribution in [3.8, 4) is 0 Å². The Morgan fingerprint density at radius 3 is 2.67 bits per heavy atom. The number of aromatic nitrogens is 2. The van der Waals surface area contributed by atoms with E-state index in [0.29, 0.717) is 11.2 Å². The molecule has 2 aromatic rings. The van der Waals surface area contributed by atoms with Crippen molar-refractivity contribution in [2.45, 2.75) is 33.4 Å². The number of hydrogen-bond acceptors (Lipinski definition) is 5. The van der Waals surface area contributed by atoms with Crippen molar-refractivity contribution in [1.82, 2.24) is 9.55 Å². The number of aryl methyl sites for hydroxylation is 3. The van der Waals surface area contributed by atoms with Crippen molar-refractivity contribution in [2.75, 3.05) is 6.61 Å². The van der Waals surface area contributed by atoms with Crippen molar-refractivity contribution < 1.29 is 10.2 Å². The van der Waals surface area contributed by atoms with Gasteiger partial charge in [0.25, 0.3) is 5.56 Å². The first-order chi connectivity index (χ1) is 8.45. The minimum atomic E-state index is -0.944. The standard InChI is InChI=1S/C12H16N2O3S/c1-6-7(2)18-11-10(6)12(17)14(8(3)13-11)4-9(16)5-15/h9,15-16H,4-5H2,1-3H3. The van der Waals surface area contributed by atoms with E-state index in [1.54, 1.807) is 6.92 Å². The summed E-state index contributed by atoms with van der Waals surface area (Å²) in [6.07, 6.45) is -0.944. The smallest absolute Gasteiger partial charge is 0.262 e. The van der Waals surface area contributed by atoms with Gasteiger partial charge in [0.05, 0.1) is 24.6 Å². The number of hydrogen-bond donors (Lipinski definition) is 2. The molecule has 0 aliphatic rings. The molecule has 0 bridgehead atoms. The lowest BCUT2D eigenvalue weighted by molar-refractivity contribution is 0.0797. The van der Waals surface area contributed by atoms with Crippen LogP contribution in [0.15, 0.2) is 4.79 Å². The third kappa shape index (κ3) is 2.07. The van der Waals surface area contributed by atoms with Crippen molar-refractivity contribution >= 4 is 21.6 Å². The molecule has 2 N–H and O–H groups in total. The zero-order chi connectivity index (χ0) is 13.4. The molecule has 0 aromatic carbocycles. The first-order valence-corrected chi connectivity index (χ1v) is 6.53. The van der Waals surface area contributed by atoms with E-state index in [2.05, 4.69) is 4.98 Å². The predicted octanol–water partition coefficient (Wildman–Crippen LogP) is 0.736. The van der Waals surface area contributed by atoms with Gasteiger partial charge in [0, 0.05) is 4.88 Å². The molecular weight excluding hydrogens is 252 g/mol. The Balaban J connectivity index is 2.68. The Labute approximate surface area is 108 Å². The quantitative estimate of drug-likeness (QED) is 0.861. The van der Waals surface area contributed by atoms with Crippen LogP contribution in [-0.4, -0.2) is 32.5 Å². The van der Waals surface area contributed by atoms with Crippen LogP contribution in [0.25, 0.3) is 10.2 Å². The van der Waals surface area contributed by atoms with Crippen LogP contribution in [-0.2, 0) is 6.54 Å². The molecule has 2 heterocycles. The van der Waals surface area contributed by atoms with Crippen molar-refractivity contribution in [3.05, 3.63) is 26.6 Å². The summed E-state index contributed by atoms with van der Waals surface area (Å²) < 4.78 is 1.42. The van der Waals surface area contributed by atoms with Gasteiger partial charge in [0.2, 0.25) is 0 Å². The van der Waals surface area contributed by atoms with Gasteiger partial charge in [-0.15, -0.1) is 11.3 Å². The molecule has 2 aromatic heterocycles. The van der Waals surface area contributed by atoms with Crippen molar-refractivity contribution in [2.24, 2.45) is 0 Å². The van der Waals surface area contributed by atoms with Crippen molar-refractivity contribution in [3.63, 3.8) is 0 Å². The zero-order valence-corrected chi connectivity index (χ0v) is 11.4. The number of aliphatic hydroxyl groups excluding tert-OH is 2. The maximum atomic E-state index is 12.4. The van der Waals surface area contributed by atoms with E-state index >= 15 is 0 Å². The monoisotopic (exact) mass is 268 g/mol. The number of fused-ring (bicyclic) bond motifs is 1. The molecule has 0 aliphatic heterocycles. The molecule has 5 nitrogen and oxygen atoms in total. The molecule has 0 amide bonds. The fraction of sp³-hybridized carbons (Fsp3) is 0.500. The van der Waals surface area contributed by atoms with Gasteiger partial charge in [-0.05, 0) is 26.3 Å². The first kappa shape index (κ1) is 13.2. The number of nitrogens with zero attached hydrogens (tertiary/aromatic N) is 2. The van der Waals surface area contributed by atoms with Crippen LogP contribution in [0, 0.1) is 20.8 Å². The fourth-order valence-corrected chi connectivity index (χ4v) is 2.98. The van der Waals surface area contributed by atoms with Crippen LogP contribution < -0.4 is 5.56 Å². The third-order valence-electron chi connectivity index (χ3n) is 3.08. The van der Waals surface area contributed by atoms with Crippen LogP contribution >= 0.6 is 11.3 Å². The van der Waals surface area contributed by atoms with Gasteiger partial charge in [0.1, 0.15) is 10.7 Å². The number of rotatable bonds is 3. The molecule has 1 unspecified atom stereocenters. The molecule has 18 heavy (non-hydrogen) atoms. The second-order valence-electron chi connectivity index (χ2n) is 4.37. The zero-order valence-electron chi connectivity index (χ0n) is 10.6. The molecule has 0 fully saturated rings. The van der Waals surface area contributed by atoms with Gasteiger partial charge in [0.15, 0.2) is 0 Å². The SMILES string of the molecule is Cc1sc2nc(C)n(CC(O)CO)c(=O)c2c1C. The van der Waals surface area contributed by atoms with Gasteiger partial charge in [-0.3, -0.25) is 9.36 Å². The Bertz CT molecular complexity index is 645. The van der Waals surface area contributed by atoms with E-state index in [1.165, 1.54) is 15.9 Å². The van der Waals surface area contributed by atoms with Gasteiger partial charge in [-0.2, -0.15) is 0 Å². The predicted molar refractivity (Wildman–Crippen MR) is 71.2 cm³/mol. The fourth-order valence-electron chi connectivity index (χ4n) is 1.91. The molecule has 6 heteroatoms. The molecule has 0 aliphatic carbocycles. The Hall–Kier alpha value is -1.24. The molecule has 0 saturated carbocycles. The summed E-state index contributed by atoms with van der Waals surface area (Å²) in [5, 5.41) is 19.0. The van der Waals surface area contributed by atoms with E-state index in [9.17, 15) is 9.90 Å². The highest BCUT2D eigenvalue weighted by Gasteiger charge is 2.16. The summed E-state index contributed by atoms with van der Waals surface area (Å²) in [5.41, 5.74) is 0.798. The topological polar surface area (TPSA) is 75.3 Å². The summed E-state index contributed by atoms with van der Waals surface area (Å²) in [6.45, 7) is 5.29. The lowest BCUT2D eigenvalue weighted by atomic mass is 10.2. The van der Waals surface area contributed by atoms with E-state index in [1.807, 2.05) is 13.8 Å². The third-order valence-corrected chi connectivity index (χ3v) is 4.18. The summed E-state index contributed by atoms with van der Waals surface area (Å²) in [5.74, 6) is 0.557. The number of thiophene rings is 1. The number of aliphatic hydroxyl groups is 2. The highest BCUT2D eigenvalue weighted by Crippen LogP contribution is 2.26. The summed E-state index contributed by atoms with van der Waals surface area (Å²) in [4.78, 5) is 18.6. The Morgan fingerprint density at radius 2 is 2.06 bits per heavy atom. The minimum absolute atomic E-state index is 0.0679.